The summed E-state index contributed by atoms with van der Waals surface area (Å²) in [5.74, 6) is 1.63. The standard InChI is InChI=1S/C22H21ClN6O2/c1-13(2)20-27-22(31-28-20)16-6-9-19(24-11-16)29-14(3)18(12-26-29)21(30)25-10-15-4-7-17(23)8-5-15/h4-9,11-13H,10H2,1-3H3,(H,25,30). The summed E-state index contributed by atoms with van der Waals surface area (Å²) in [6.07, 6.45) is 3.18. The van der Waals surface area contributed by atoms with Gasteiger partial charge >= 0.3 is 0 Å². The first-order chi connectivity index (χ1) is 14.9. The van der Waals surface area contributed by atoms with Gasteiger partial charge in [0, 0.05) is 23.7 Å². The Kier molecular flexibility index (Phi) is 5.81. The number of aromatic nitrogens is 5. The molecule has 0 saturated heterocycles. The van der Waals surface area contributed by atoms with Gasteiger partial charge in [-0.3, -0.25) is 4.79 Å². The van der Waals surface area contributed by atoms with E-state index in [1.54, 1.807) is 29.1 Å². The molecule has 0 saturated carbocycles. The van der Waals surface area contributed by atoms with Gasteiger partial charge in [-0.15, -0.1) is 0 Å². The first-order valence-corrected chi connectivity index (χ1v) is 10.2. The summed E-state index contributed by atoms with van der Waals surface area (Å²) in [4.78, 5) is 21.4. The second-order valence-corrected chi connectivity index (χ2v) is 7.82. The van der Waals surface area contributed by atoms with E-state index >= 15 is 0 Å². The summed E-state index contributed by atoms with van der Waals surface area (Å²) < 4.78 is 6.92. The molecule has 0 aliphatic carbocycles. The van der Waals surface area contributed by atoms with Gasteiger partial charge in [0.05, 0.1) is 23.0 Å². The van der Waals surface area contributed by atoms with E-state index in [4.69, 9.17) is 16.1 Å². The van der Waals surface area contributed by atoms with Crippen molar-refractivity contribution in [1.29, 1.82) is 0 Å². The van der Waals surface area contributed by atoms with E-state index in [1.165, 1.54) is 6.20 Å². The van der Waals surface area contributed by atoms with Crippen molar-refractivity contribution in [2.75, 3.05) is 0 Å². The van der Waals surface area contributed by atoms with Crippen molar-refractivity contribution in [3.63, 3.8) is 0 Å². The van der Waals surface area contributed by atoms with Crippen LogP contribution in [0.25, 0.3) is 17.3 Å². The number of benzene rings is 1. The number of rotatable bonds is 6. The molecule has 1 aromatic carbocycles. The Morgan fingerprint density at radius 3 is 2.58 bits per heavy atom. The minimum absolute atomic E-state index is 0.181. The number of nitrogens with one attached hydrogen (secondary N) is 1. The number of carbonyl (C=O) groups excluding carboxylic acids is 1. The number of amides is 1. The smallest absolute Gasteiger partial charge is 0.259 e. The zero-order chi connectivity index (χ0) is 22.0. The molecule has 4 aromatic rings. The molecule has 9 heteroatoms. The highest BCUT2D eigenvalue weighted by Gasteiger charge is 2.17. The SMILES string of the molecule is Cc1c(C(=O)NCc2ccc(Cl)cc2)cnn1-c1ccc(-c2nc(C(C)C)no2)cn1. The molecule has 0 unspecified atom stereocenters. The Labute approximate surface area is 184 Å². The van der Waals surface area contributed by atoms with Gasteiger partial charge in [0.2, 0.25) is 0 Å². The number of hydrogen-bond donors (Lipinski definition) is 1. The zero-order valence-electron chi connectivity index (χ0n) is 17.3. The van der Waals surface area contributed by atoms with E-state index < -0.39 is 0 Å². The van der Waals surface area contributed by atoms with Crippen LogP contribution in [0.2, 0.25) is 5.02 Å². The third kappa shape index (κ3) is 4.49. The molecule has 31 heavy (non-hydrogen) atoms. The minimum atomic E-state index is -0.206. The van der Waals surface area contributed by atoms with Crippen LogP contribution in [0.5, 0.6) is 0 Å². The largest absolute Gasteiger partial charge is 0.348 e. The molecule has 8 nitrogen and oxygen atoms in total. The summed E-state index contributed by atoms with van der Waals surface area (Å²) in [6.45, 7) is 6.22. The van der Waals surface area contributed by atoms with Crippen molar-refractivity contribution in [2.24, 2.45) is 0 Å². The maximum atomic E-state index is 12.6. The van der Waals surface area contributed by atoms with E-state index in [1.807, 2.05) is 39.0 Å². The highest BCUT2D eigenvalue weighted by molar-refractivity contribution is 6.30. The van der Waals surface area contributed by atoms with E-state index in [0.717, 1.165) is 5.56 Å². The molecular weight excluding hydrogens is 416 g/mol. The number of halogens is 1. The van der Waals surface area contributed by atoms with Crippen LogP contribution in [0, 0.1) is 6.92 Å². The van der Waals surface area contributed by atoms with Crippen molar-refractivity contribution in [1.82, 2.24) is 30.2 Å². The van der Waals surface area contributed by atoms with Crippen molar-refractivity contribution in [3.8, 4) is 17.3 Å². The number of carbonyl (C=O) groups is 1. The van der Waals surface area contributed by atoms with Crippen LogP contribution in [0.15, 0.2) is 53.3 Å². The molecule has 3 aromatic heterocycles. The molecule has 0 aliphatic heterocycles. The Morgan fingerprint density at radius 2 is 1.94 bits per heavy atom. The van der Waals surface area contributed by atoms with Crippen LogP contribution in [-0.2, 0) is 6.54 Å². The van der Waals surface area contributed by atoms with Crippen molar-refractivity contribution >= 4 is 17.5 Å². The predicted octanol–water partition coefficient (Wildman–Crippen LogP) is 4.33. The maximum Gasteiger partial charge on any atom is 0.259 e. The lowest BCUT2D eigenvalue weighted by Gasteiger charge is -2.07. The average Bonchev–Trinajstić information content (AvgIpc) is 3.41. The van der Waals surface area contributed by atoms with Gasteiger partial charge in [-0.1, -0.05) is 42.7 Å². The first kappa shape index (κ1) is 20.7. The summed E-state index contributed by atoms with van der Waals surface area (Å²) in [5.41, 5.74) is 2.85. The van der Waals surface area contributed by atoms with Gasteiger partial charge in [-0.25, -0.2) is 9.67 Å². The van der Waals surface area contributed by atoms with E-state index in [-0.39, 0.29) is 11.8 Å². The Balaban J connectivity index is 1.48. The normalized spacial score (nSPS) is 11.1. The van der Waals surface area contributed by atoms with Crippen LogP contribution in [0.1, 0.15) is 47.2 Å². The zero-order valence-corrected chi connectivity index (χ0v) is 18.1. The topological polar surface area (TPSA) is 98.7 Å². The lowest BCUT2D eigenvalue weighted by atomic mass is 10.2. The van der Waals surface area contributed by atoms with Crippen LogP contribution in [0.3, 0.4) is 0 Å². The third-order valence-electron chi connectivity index (χ3n) is 4.79. The molecule has 4 rings (SSSR count). The van der Waals surface area contributed by atoms with Crippen molar-refractivity contribution in [2.45, 2.75) is 33.2 Å². The fraction of sp³-hybridized carbons (Fsp3) is 0.227. The fourth-order valence-electron chi connectivity index (χ4n) is 2.97. The van der Waals surface area contributed by atoms with Crippen LogP contribution >= 0.6 is 11.6 Å². The molecule has 0 aliphatic rings. The van der Waals surface area contributed by atoms with Crippen LogP contribution in [-0.4, -0.2) is 30.8 Å². The summed E-state index contributed by atoms with van der Waals surface area (Å²) in [6, 6.07) is 11.0. The molecule has 0 bridgehead atoms. The van der Waals surface area contributed by atoms with Gasteiger partial charge < -0.3 is 9.84 Å². The predicted molar refractivity (Wildman–Crippen MR) is 116 cm³/mol. The lowest BCUT2D eigenvalue weighted by Crippen LogP contribution is -2.23. The first-order valence-electron chi connectivity index (χ1n) is 9.80. The van der Waals surface area contributed by atoms with Gasteiger partial charge in [-0.05, 0) is 36.8 Å². The number of pyridine rings is 1. The summed E-state index contributed by atoms with van der Waals surface area (Å²) >= 11 is 5.89. The average molecular weight is 437 g/mol. The van der Waals surface area contributed by atoms with E-state index in [9.17, 15) is 4.79 Å². The molecule has 158 valence electrons. The van der Waals surface area contributed by atoms with Gasteiger partial charge in [0.1, 0.15) is 0 Å². The Bertz CT molecular complexity index is 1200. The molecule has 0 spiro atoms. The maximum absolute atomic E-state index is 12.6. The quantitative estimate of drug-likeness (QED) is 0.483. The van der Waals surface area contributed by atoms with Gasteiger partial charge in [0.15, 0.2) is 11.6 Å². The van der Waals surface area contributed by atoms with Gasteiger partial charge in [-0.2, -0.15) is 10.1 Å². The van der Waals surface area contributed by atoms with Crippen LogP contribution in [0.4, 0.5) is 0 Å². The molecule has 0 fully saturated rings. The number of nitrogens with zero attached hydrogens (tertiary/aromatic N) is 5. The molecule has 0 radical (unpaired) electrons. The Morgan fingerprint density at radius 1 is 1.16 bits per heavy atom. The van der Waals surface area contributed by atoms with Crippen molar-refractivity contribution < 1.29 is 9.32 Å². The number of hydrogen-bond acceptors (Lipinski definition) is 6. The molecular formula is C22H21ClN6O2. The second kappa shape index (κ2) is 8.69. The molecule has 1 N–H and O–H groups in total. The van der Waals surface area contributed by atoms with Crippen molar-refractivity contribution in [3.05, 3.63) is 76.5 Å². The fourth-order valence-corrected chi connectivity index (χ4v) is 3.09. The summed E-state index contributed by atoms with van der Waals surface area (Å²) in [5, 5.41) is 11.9. The third-order valence-corrected chi connectivity index (χ3v) is 5.04. The van der Waals surface area contributed by atoms with E-state index in [2.05, 4.69) is 25.5 Å². The second-order valence-electron chi connectivity index (χ2n) is 7.38. The highest BCUT2D eigenvalue weighted by atomic mass is 35.5. The van der Waals surface area contributed by atoms with E-state index in [0.29, 0.717) is 45.9 Å². The van der Waals surface area contributed by atoms with Crippen LogP contribution < -0.4 is 5.32 Å². The summed E-state index contributed by atoms with van der Waals surface area (Å²) in [7, 11) is 0. The Hall–Kier alpha value is -3.52. The van der Waals surface area contributed by atoms with Gasteiger partial charge in [0.25, 0.3) is 11.8 Å². The molecule has 0 atom stereocenters. The monoisotopic (exact) mass is 436 g/mol. The minimum Gasteiger partial charge on any atom is -0.348 e. The highest BCUT2D eigenvalue weighted by Crippen LogP contribution is 2.21. The lowest BCUT2D eigenvalue weighted by molar-refractivity contribution is 0.0950. The molecule has 3 heterocycles. The molecule has 1 amide bonds.